The fraction of sp³-hybridized carbons (Fsp3) is 0.368. The van der Waals surface area contributed by atoms with Crippen molar-refractivity contribution in [2.45, 2.75) is 25.7 Å². The first kappa shape index (κ1) is 16.8. The van der Waals surface area contributed by atoms with Crippen molar-refractivity contribution < 1.29 is 9.59 Å². The van der Waals surface area contributed by atoms with Gasteiger partial charge in [0.25, 0.3) is 0 Å². The van der Waals surface area contributed by atoms with E-state index >= 15 is 0 Å². The van der Waals surface area contributed by atoms with E-state index < -0.39 is 0 Å². The van der Waals surface area contributed by atoms with E-state index in [2.05, 4.69) is 5.32 Å². The summed E-state index contributed by atoms with van der Waals surface area (Å²) < 4.78 is 0. The van der Waals surface area contributed by atoms with Gasteiger partial charge >= 0.3 is 0 Å². The first-order chi connectivity index (χ1) is 11.6. The molecular weight excluding hydrogens is 324 g/mol. The summed E-state index contributed by atoms with van der Waals surface area (Å²) in [7, 11) is 1.74. The van der Waals surface area contributed by atoms with Crippen LogP contribution < -0.4 is 10.2 Å². The Kier molecular flexibility index (Phi) is 5.05. The number of nitrogens with one attached hydrogen (secondary N) is 1. The molecule has 4 nitrogen and oxygen atoms in total. The highest BCUT2D eigenvalue weighted by Gasteiger charge is 2.25. The molecule has 0 atom stereocenters. The predicted octanol–water partition coefficient (Wildman–Crippen LogP) is 4.17. The highest BCUT2D eigenvalue weighted by atomic mass is 35.5. The van der Waals surface area contributed by atoms with Crippen LogP contribution in [0.4, 0.5) is 11.4 Å². The third-order valence-electron chi connectivity index (χ3n) is 4.64. The molecule has 1 aromatic rings. The van der Waals surface area contributed by atoms with Crippen LogP contribution in [0, 0.1) is 11.8 Å². The lowest BCUT2D eigenvalue weighted by Crippen LogP contribution is -2.32. The van der Waals surface area contributed by atoms with Gasteiger partial charge in [0.1, 0.15) is 0 Å². The first-order valence-electron chi connectivity index (χ1n) is 8.24. The quantitative estimate of drug-likeness (QED) is 0.833. The Morgan fingerprint density at radius 1 is 1.04 bits per heavy atom. The van der Waals surface area contributed by atoms with Crippen molar-refractivity contribution in [2.75, 3.05) is 17.3 Å². The summed E-state index contributed by atoms with van der Waals surface area (Å²) in [4.78, 5) is 26.3. The van der Waals surface area contributed by atoms with Gasteiger partial charge in [0, 0.05) is 24.6 Å². The van der Waals surface area contributed by atoms with Crippen molar-refractivity contribution >= 4 is 34.8 Å². The minimum absolute atomic E-state index is 0.000289. The molecule has 0 unspecified atom stereocenters. The molecule has 24 heavy (non-hydrogen) atoms. The van der Waals surface area contributed by atoms with Gasteiger partial charge in [-0.25, -0.2) is 0 Å². The Morgan fingerprint density at radius 2 is 1.62 bits per heavy atom. The van der Waals surface area contributed by atoms with E-state index in [1.807, 2.05) is 24.3 Å². The molecule has 0 heterocycles. The highest BCUT2D eigenvalue weighted by Crippen LogP contribution is 2.31. The predicted molar refractivity (Wildman–Crippen MR) is 97.2 cm³/mol. The molecule has 2 aliphatic rings. The van der Waals surface area contributed by atoms with Crippen LogP contribution in [0.25, 0.3) is 0 Å². The number of benzene rings is 1. The van der Waals surface area contributed by atoms with Gasteiger partial charge in [-0.2, -0.15) is 0 Å². The Labute approximate surface area is 147 Å². The van der Waals surface area contributed by atoms with Gasteiger partial charge in [-0.1, -0.05) is 35.9 Å². The fourth-order valence-corrected chi connectivity index (χ4v) is 3.45. The molecule has 0 saturated heterocycles. The molecule has 0 saturated carbocycles. The number of carbonyl (C=O) groups excluding carboxylic acids is 2. The maximum atomic E-state index is 12.5. The van der Waals surface area contributed by atoms with Gasteiger partial charge in [0.15, 0.2) is 0 Å². The fourth-order valence-electron chi connectivity index (χ4n) is 3.14. The number of allylic oxidation sites excluding steroid dienone is 4. The molecule has 2 aliphatic carbocycles. The summed E-state index contributed by atoms with van der Waals surface area (Å²) in [6.07, 6.45) is 11.3. The maximum Gasteiger partial charge on any atom is 0.230 e. The van der Waals surface area contributed by atoms with Gasteiger partial charge in [-0.05, 0) is 43.9 Å². The van der Waals surface area contributed by atoms with Crippen molar-refractivity contribution in [1.29, 1.82) is 0 Å². The zero-order valence-electron chi connectivity index (χ0n) is 13.7. The summed E-state index contributed by atoms with van der Waals surface area (Å²) in [5, 5.41) is 3.36. The van der Waals surface area contributed by atoms with Crippen molar-refractivity contribution in [3.05, 3.63) is 47.5 Å². The van der Waals surface area contributed by atoms with E-state index in [9.17, 15) is 9.59 Å². The average Bonchev–Trinajstić information content (AvgIpc) is 3.27. The molecule has 3 rings (SSSR count). The lowest BCUT2D eigenvalue weighted by molar-refractivity contribution is -0.122. The van der Waals surface area contributed by atoms with Crippen LogP contribution in [-0.2, 0) is 9.59 Å². The number of carbonyl (C=O) groups is 2. The van der Waals surface area contributed by atoms with Crippen LogP contribution in [0.15, 0.2) is 42.5 Å². The lowest BCUT2D eigenvalue weighted by atomic mass is 10.1. The maximum absolute atomic E-state index is 12.5. The van der Waals surface area contributed by atoms with Gasteiger partial charge in [0.2, 0.25) is 11.8 Å². The summed E-state index contributed by atoms with van der Waals surface area (Å²) in [6, 6.07) is 5.27. The van der Waals surface area contributed by atoms with Crippen molar-refractivity contribution in [3.8, 4) is 0 Å². The highest BCUT2D eigenvalue weighted by molar-refractivity contribution is 6.34. The van der Waals surface area contributed by atoms with E-state index in [-0.39, 0.29) is 23.7 Å². The third kappa shape index (κ3) is 3.54. The normalized spacial score (nSPS) is 17.4. The molecule has 1 aromatic carbocycles. The average molecular weight is 345 g/mol. The lowest BCUT2D eigenvalue weighted by Gasteiger charge is -2.22. The molecule has 0 bridgehead atoms. The van der Waals surface area contributed by atoms with Crippen LogP contribution in [0.1, 0.15) is 25.7 Å². The summed E-state index contributed by atoms with van der Waals surface area (Å²) in [5.74, 6) is 0.0730. The number of hydrogen-bond donors (Lipinski definition) is 1. The smallest absolute Gasteiger partial charge is 0.230 e. The van der Waals surface area contributed by atoms with Crippen molar-refractivity contribution in [2.24, 2.45) is 11.8 Å². The summed E-state index contributed by atoms with van der Waals surface area (Å²) in [5.41, 5.74) is 1.32. The van der Waals surface area contributed by atoms with E-state index in [0.29, 0.717) is 16.4 Å². The van der Waals surface area contributed by atoms with Gasteiger partial charge in [0.05, 0.1) is 10.7 Å². The second-order valence-electron chi connectivity index (χ2n) is 6.33. The molecule has 0 aliphatic heterocycles. The first-order valence-corrected chi connectivity index (χ1v) is 8.62. The van der Waals surface area contributed by atoms with Crippen LogP contribution in [-0.4, -0.2) is 18.9 Å². The third-order valence-corrected chi connectivity index (χ3v) is 4.95. The number of anilines is 2. The summed E-state index contributed by atoms with van der Waals surface area (Å²) >= 11 is 6.34. The molecular formula is C19H21ClN2O2. The molecule has 2 amide bonds. The standard InChI is InChI=1S/C19H21ClN2O2/c1-22(19(24)14-8-4-5-9-14)17-11-10-15(12-16(17)20)21-18(23)13-6-2-3-7-13/h2-5,10-14H,6-9H2,1H3,(H,21,23). The minimum atomic E-state index is 0.000289. The molecule has 0 aromatic heterocycles. The number of halogens is 1. The Bertz CT molecular complexity index is 695. The van der Waals surface area contributed by atoms with E-state index in [1.165, 1.54) is 0 Å². The van der Waals surface area contributed by atoms with Crippen molar-refractivity contribution in [1.82, 2.24) is 0 Å². The number of hydrogen-bond acceptors (Lipinski definition) is 2. The van der Waals surface area contributed by atoms with Gasteiger partial charge < -0.3 is 10.2 Å². The van der Waals surface area contributed by atoms with Gasteiger partial charge in [-0.15, -0.1) is 0 Å². The van der Waals surface area contributed by atoms with E-state index in [4.69, 9.17) is 11.6 Å². The molecule has 0 spiro atoms. The summed E-state index contributed by atoms with van der Waals surface area (Å²) in [6.45, 7) is 0. The number of amides is 2. The van der Waals surface area contributed by atoms with Crippen LogP contribution >= 0.6 is 11.6 Å². The zero-order valence-corrected chi connectivity index (χ0v) is 14.4. The molecule has 0 radical (unpaired) electrons. The van der Waals surface area contributed by atoms with Gasteiger partial charge in [-0.3, -0.25) is 9.59 Å². The zero-order chi connectivity index (χ0) is 17.1. The van der Waals surface area contributed by atoms with E-state index in [1.54, 1.807) is 30.1 Å². The molecule has 5 heteroatoms. The number of nitrogens with zero attached hydrogens (tertiary/aromatic N) is 1. The monoisotopic (exact) mass is 344 g/mol. The van der Waals surface area contributed by atoms with Crippen LogP contribution in [0.5, 0.6) is 0 Å². The minimum Gasteiger partial charge on any atom is -0.326 e. The largest absolute Gasteiger partial charge is 0.326 e. The second-order valence-corrected chi connectivity index (χ2v) is 6.74. The molecule has 1 N–H and O–H groups in total. The Hall–Kier alpha value is -2.07. The van der Waals surface area contributed by atoms with E-state index in [0.717, 1.165) is 25.7 Å². The number of rotatable bonds is 4. The topological polar surface area (TPSA) is 49.4 Å². The van der Waals surface area contributed by atoms with Crippen LogP contribution in [0.2, 0.25) is 5.02 Å². The van der Waals surface area contributed by atoms with Crippen molar-refractivity contribution in [3.63, 3.8) is 0 Å². The molecule has 126 valence electrons. The second kappa shape index (κ2) is 7.22. The Morgan fingerprint density at radius 3 is 2.21 bits per heavy atom. The molecule has 0 fully saturated rings. The SMILES string of the molecule is CN(C(=O)C1CC=CC1)c1ccc(NC(=O)C2CC=CC2)cc1Cl. The Balaban J connectivity index is 1.67. The van der Waals surface area contributed by atoms with Crippen LogP contribution in [0.3, 0.4) is 0 Å².